The van der Waals surface area contributed by atoms with Crippen molar-refractivity contribution in [3.63, 3.8) is 0 Å². The summed E-state index contributed by atoms with van der Waals surface area (Å²) in [6, 6.07) is 5.86. The van der Waals surface area contributed by atoms with Crippen LogP contribution < -0.4 is 0 Å². The van der Waals surface area contributed by atoms with Gasteiger partial charge in [0.05, 0.1) is 12.3 Å². The predicted molar refractivity (Wildman–Crippen MR) is 58.9 cm³/mol. The summed E-state index contributed by atoms with van der Waals surface area (Å²) in [5, 5.41) is 0. The molecule has 14 heavy (non-hydrogen) atoms. The van der Waals surface area contributed by atoms with Gasteiger partial charge in [0.1, 0.15) is 10.7 Å². The Morgan fingerprint density at radius 1 is 1.71 bits per heavy atom. The minimum Gasteiger partial charge on any atom is -0.370 e. The fraction of sp³-hybridized carbons (Fsp3) is 0.364. The number of nitrogens with zero attached hydrogens (tertiary/aromatic N) is 1. The third kappa shape index (κ3) is 1.51. The van der Waals surface area contributed by atoms with Crippen LogP contribution in [-0.4, -0.2) is 11.6 Å². The third-order valence-electron chi connectivity index (χ3n) is 2.63. The molecule has 0 amide bonds. The van der Waals surface area contributed by atoms with Crippen molar-refractivity contribution in [2.45, 2.75) is 13.0 Å². The number of aromatic nitrogens is 1. The van der Waals surface area contributed by atoms with Gasteiger partial charge in [-0.25, -0.2) is 4.98 Å². The smallest absolute Gasteiger partial charge is 0.110 e. The molecular formula is C11H12BrNO. The SMILES string of the molecule is C=C[C@]1(C)CO[C@@H]1c1cccc(Br)n1. The normalized spacial score (nSPS) is 30.9. The second kappa shape index (κ2) is 3.48. The van der Waals surface area contributed by atoms with Gasteiger partial charge in [-0.3, -0.25) is 0 Å². The van der Waals surface area contributed by atoms with Crippen molar-refractivity contribution in [2.24, 2.45) is 5.41 Å². The first-order valence-electron chi connectivity index (χ1n) is 4.53. The molecule has 3 heteroatoms. The minimum atomic E-state index is 0.0355. The van der Waals surface area contributed by atoms with Crippen LogP contribution in [0.1, 0.15) is 18.7 Å². The maximum atomic E-state index is 5.52. The molecule has 2 rings (SSSR count). The Hall–Kier alpha value is -0.670. The molecule has 1 aromatic heterocycles. The molecule has 2 heterocycles. The van der Waals surface area contributed by atoms with Crippen molar-refractivity contribution in [3.05, 3.63) is 41.2 Å². The van der Waals surface area contributed by atoms with E-state index in [9.17, 15) is 0 Å². The Bertz CT molecular complexity index is 366. The maximum Gasteiger partial charge on any atom is 0.110 e. The summed E-state index contributed by atoms with van der Waals surface area (Å²) < 4.78 is 6.37. The Balaban J connectivity index is 2.28. The highest BCUT2D eigenvalue weighted by molar-refractivity contribution is 9.10. The number of pyridine rings is 1. The lowest BCUT2D eigenvalue weighted by atomic mass is 9.79. The molecule has 0 spiro atoms. The highest BCUT2D eigenvalue weighted by atomic mass is 79.9. The number of hydrogen-bond acceptors (Lipinski definition) is 2. The molecule has 2 atom stereocenters. The topological polar surface area (TPSA) is 22.1 Å². The quantitative estimate of drug-likeness (QED) is 0.597. The Morgan fingerprint density at radius 2 is 2.50 bits per heavy atom. The highest BCUT2D eigenvalue weighted by Gasteiger charge is 2.43. The monoisotopic (exact) mass is 253 g/mol. The van der Waals surface area contributed by atoms with Crippen molar-refractivity contribution >= 4 is 15.9 Å². The van der Waals surface area contributed by atoms with E-state index >= 15 is 0 Å². The van der Waals surface area contributed by atoms with E-state index in [4.69, 9.17) is 4.74 Å². The van der Waals surface area contributed by atoms with Gasteiger partial charge in [0.2, 0.25) is 0 Å². The van der Waals surface area contributed by atoms with Gasteiger partial charge < -0.3 is 4.74 Å². The van der Waals surface area contributed by atoms with Crippen molar-refractivity contribution in [3.8, 4) is 0 Å². The van der Waals surface area contributed by atoms with Gasteiger partial charge in [0, 0.05) is 5.41 Å². The summed E-state index contributed by atoms with van der Waals surface area (Å²) in [7, 11) is 0. The first-order chi connectivity index (χ1) is 6.65. The van der Waals surface area contributed by atoms with Gasteiger partial charge >= 0.3 is 0 Å². The Morgan fingerprint density at radius 3 is 3.00 bits per heavy atom. The first kappa shape index (κ1) is 9.87. The standard InChI is InChI=1S/C11H12BrNO/c1-3-11(2)7-14-10(11)8-5-4-6-9(12)13-8/h3-6,10H,1,7H2,2H3/t10-,11-/m1/s1. The molecule has 0 radical (unpaired) electrons. The average molecular weight is 254 g/mol. The van der Waals surface area contributed by atoms with Gasteiger partial charge in [-0.1, -0.05) is 19.1 Å². The van der Waals surface area contributed by atoms with E-state index in [2.05, 4.69) is 34.4 Å². The molecule has 0 saturated carbocycles. The molecule has 74 valence electrons. The summed E-state index contributed by atoms with van der Waals surface area (Å²) in [5.74, 6) is 0. The fourth-order valence-electron chi connectivity index (χ4n) is 1.59. The van der Waals surface area contributed by atoms with Crippen LogP contribution in [0.4, 0.5) is 0 Å². The van der Waals surface area contributed by atoms with Crippen LogP contribution in [0.15, 0.2) is 35.5 Å². The average Bonchev–Trinajstić information content (AvgIpc) is 2.15. The summed E-state index contributed by atoms with van der Waals surface area (Å²) in [6.45, 7) is 6.70. The van der Waals surface area contributed by atoms with Gasteiger partial charge in [0.15, 0.2) is 0 Å². The minimum absolute atomic E-state index is 0.0355. The molecule has 2 nitrogen and oxygen atoms in total. The number of ether oxygens (including phenoxy) is 1. The molecule has 1 fully saturated rings. The van der Waals surface area contributed by atoms with E-state index in [-0.39, 0.29) is 11.5 Å². The molecule has 0 bridgehead atoms. The number of hydrogen-bond donors (Lipinski definition) is 0. The molecule has 0 N–H and O–H groups in total. The summed E-state index contributed by atoms with van der Waals surface area (Å²) >= 11 is 3.35. The van der Waals surface area contributed by atoms with Crippen LogP contribution in [0, 0.1) is 5.41 Å². The number of rotatable bonds is 2. The Labute approximate surface area is 92.1 Å². The summed E-state index contributed by atoms with van der Waals surface area (Å²) in [5.41, 5.74) is 1.00. The van der Waals surface area contributed by atoms with Gasteiger partial charge in [-0.15, -0.1) is 6.58 Å². The van der Waals surface area contributed by atoms with Crippen LogP contribution in [0.25, 0.3) is 0 Å². The molecule has 1 saturated heterocycles. The van der Waals surface area contributed by atoms with E-state index in [0.717, 1.165) is 16.9 Å². The summed E-state index contributed by atoms with van der Waals surface area (Å²) in [4.78, 5) is 4.38. The van der Waals surface area contributed by atoms with Crippen LogP contribution in [-0.2, 0) is 4.74 Å². The van der Waals surface area contributed by atoms with Crippen LogP contribution in [0.3, 0.4) is 0 Å². The van der Waals surface area contributed by atoms with Gasteiger partial charge in [-0.2, -0.15) is 0 Å². The molecule has 1 aliphatic heterocycles. The molecule has 0 unspecified atom stereocenters. The maximum absolute atomic E-state index is 5.52. The molecular weight excluding hydrogens is 242 g/mol. The molecule has 0 aromatic carbocycles. The number of halogens is 1. The molecule has 1 aromatic rings. The van der Waals surface area contributed by atoms with E-state index in [1.165, 1.54) is 0 Å². The van der Waals surface area contributed by atoms with Crippen LogP contribution in [0.2, 0.25) is 0 Å². The predicted octanol–water partition coefficient (Wildman–Crippen LogP) is 3.11. The lowest BCUT2D eigenvalue weighted by Crippen LogP contribution is -2.41. The zero-order valence-corrected chi connectivity index (χ0v) is 9.62. The van der Waals surface area contributed by atoms with Crippen molar-refractivity contribution < 1.29 is 4.74 Å². The second-order valence-corrected chi connectivity index (χ2v) is 4.60. The highest BCUT2D eigenvalue weighted by Crippen LogP contribution is 2.46. The van der Waals surface area contributed by atoms with E-state index in [0.29, 0.717) is 0 Å². The molecule has 0 aliphatic carbocycles. The van der Waals surface area contributed by atoms with Crippen LogP contribution in [0.5, 0.6) is 0 Å². The summed E-state index contributed by atoms with van der Waals surface area (Å²) in [6.07, 6.45) is 2.00. The van der Waals surface area contributed by atoms with Crippen molar-refractivity contribution in [1.29, 1.82) is 0 Å². The van der Waals surface area contributed by atoms with Crippen molar-refractivity contribution in [2.75, 3.05) is 6.61 Å². The van der Waals surface area contributed by atoms with Gasteiger partial charge in [-0.05, 0) is 28.1 Å². The van der Waals surface area contributed by atoms with Gasteiger partial charge in [0.25, 0.3) is 0 Å². The fourth-order valence-corrected chi connectivity index (χ4v) is 1.95. The lowest BCUT2D eigenvalue weighted by Gasteiger charge is -2.44. The third-order valence-corrected chi connectivity index (χ3v) is 3.07. The van der Waals surface area contributed by atoms with Crippen LogP contribution >= 0.6 is 15.9 Å². The first-order valence-corrected chi connectivity index (χ1v) is 5.33. The van der Waals surface area contributed by atoms with E-state index in [1.807, 2.05) is 24.3 Å². The largest absolute Gasteiger partial charge is 0.370 e. The van der Waals surface area contributed by atoms with E-state index < -0.39 is 0 Å². The van der Waals surface area contributed by atoms with Crippen molar-refractivity contribution in [1.82, 2.24) is 4.98 Å². The van der Waals surface area contributed by atoms with E-state index in [1.54, 1.807) is 0 Å². The zero-order valence-electron chi connectivity index (χ0n) is 8.03. The zero-order chi connectivity index (χ0) is 10.2. The lowest BCUT2D eigenvalue weighted by molar-refractivity contribution is -0.157. The molecule has 1 aliphatic rings. The Kier molecular flexibility index (Phi) is 2.45. The second-order valence-electron chi connectivity index (χ2n) is 3.79.